The van der Waals surface area contributed by atoms with Crippen molar-refractivity contribution in [3.05, 3.63) is 17.7 Å². The molecule has 112 valence electrons. The van der Waals surface area contributed by atoms with Gasteiger partial charge >= 0.3 is 0 Å². The van der Waals surface area contributed by atoms with E-state index in [4.69, 9.17) is 0 Å². The minimum Gasteiger partial charge on any atom is -0.371 e. The second kappa shape index (κ2) is 5.54. The molecule has 20 heavy (non-hydrogen) atoms. The molecule has 0 amide bonds. The van der Waals surface area contributed by atoms with Crippen molar-refractivity contribution in [1.82, 2.24) is 4.98 Å². The van der Waals surface area contributed by atoms with Gasteiger partial charge in [-0.15, -0.1) is 0 Å². The smallest absolute Gasteiger partial charge is 0.168 e. The van der Waals surface area contributed by atoms with Crippen molar-refractivity contribution in [3.8, 4) is 0 Å². The number of hydrogen-bond acceptors (Lipinski definition) is 3. The fourth-order valence-electron chi connectivity index (χ4n) is 2.82. The Morgan fingerprint density at radius 3 is 2.40 bits per heavy atom. The largest absolute Gasteiger partial charge is 0.371 e. The molecule has 1 aliphatic rings. The van der Waals surface area contributed by atoms with Crippen molar-refractivity contribution in [1.29, 1.82) is 0 Å². The van der Waals surface area contributed by atoms with Gasteiger partial charge in [0.1, 0.15) is 0 Å². The fourth-order valence-corrected chi connectivity index (χ4v) is 2.82. The van der Waals surface area contributed by atoms with Gasteiger partial charge < -0.3 is 10.2 Å². The summed E-state index contributed by atoms with van der Waals surface area (Å²) < 4.78 is 27.4. The first-order valence-electron chi connectivity index (χ1n) is 7.11. The lowest BCUT2D eigenvalue weighted by atomic mass is 9.75. The van der Waals surface area contributed by atoms with Crippen molar-refractivity contribution >= 4 is 11.6 Å². The summed E-state index contributed by atoms with van der Waals surface area (Å²) in [6, 6.07) is 1.16. The highest BCUT2D eigenvalue weighted by Crippen LogP contribution is 2.38. The first-order chi connectivity index (χ1) is 9.34. The molecule has 5 heteroatoms. The van der Waals surface area contributed by atoms with E-state index in [-0.39, 0.29) is 17.7 Å². The Kier molecular flexibility index (Phi) is 4.16. The molecule has 0 aromatic carbocycles. The number of rotatable bonds is 3. The lowest BCUT2D eigenvalue weighted by molar-refractivity contribution is 0.222. The number of anilines is 2. The molecule has 1 fully saturated rings. The summed E-state index contributed by atoms with van der Waals surface area (Å²) in [5.74, 6) is -0.953. The van der Waals surface area contributed by atoms with Crippen LogP contribution in [0.5, 0.6) is 0 Å². The van der Waals surface area contributed by atoms with Gasteiger partial charge in [0.2, 0.25) is 0 Å². The highest BCUT2D eigenvalue weighted by atomic mass is 19.1. The average Bonchev–Trinajstić information content (AvgIpc) is 2.38. The van der Waals surface area contributed by atoms with Gasteiger partial charge in [-0.2, -0.15) is 0 Å². The maximum absolute atomic E-state index is 14.0. The zero-order chi connectivity index (χ0) is 14.9. The SMILES string of the molecule is CNc1nc(N(C)C2CCC(C)(C)CC2)c(F)cc1F. The number of nitrogens with zero attached hydrogens (tertiary/aromatic N) is 2. The zero-order valence-electron chi connectivity index (χ0n) is 12.6. The first kappa shape index (κ1) is 15.0. The van der Waals surface area contributed by atoms with Crippen LogP contribution in [0.1, 0.15) is 39.5 Å². The molecule has 0 atom stereocenters. The van der Waals surface area contributed by atoms with Crippen molar-refractivity contribution in [3.63, 3.8) is 0 Å². The van der Waals surface area contributed by atoms with E-state index < -0.39 is 11.6 Å². The molecule has 1 N–H and O–H groups in total. The number of hydrogen-bond donors (Lipinski definition) is 1. The van der Waals surface area contributed by atoms with Crippen LogP contribution in [0.3, 0.4) is 0 Å². The molecule has 0 spiro atoms. The first-order valence-corrected chi connectivity index (χ1v) is 7.11. The molecule has 0 unspecified atom stereocenters. The summed E-state index contributed by atoms with van der Waals surface area (Å²) in [6.07, 6.45) is 4.25. The molecular weight excluding hydrogens is 260 g/mol. The molecule has 0 saturated heterocycles. The Morgan fingerprint density at radius 1 is 1.25 bits per heavy atom. The minimum absolute atomic E-state index is 0.0874. The summed E-state index contributed by atoms with van der Waals surface area (Å²) in [6.45, 7) is 4.53. The van der Waals surface area contributed by atoms with Gasteiger partial charge in [-0.3, -0.25) is 0 Å². The molecule has 2 rings (SSSR count). The maximum Gasteiger partial charge on any atom is 0.168 e. The van der Waals surface area contributed by atoms with Gasteiger partial charge in [0.25, 0.3) is 0 Å². The zero-order valence-corrected chi connectivity index (χ0v) is 12.6. The molecule has 1 aliphatic carbocycles. The van der Waals surface area contributed by atoms with Crippen molar-refractivity contribution in [2.24, 2.45) is 5.41 Å². The van der Waals surface area contributed by atoms with Crippen molar-refractivity contribution in [2.75, 3.05) is 24.3 Å². The summed E-state index contributed by atoms with van der Waals surface area (Å²) in [7, 11) is 3.42. The Hall–Kier alpha value is -1.39. The minimum atomic E-state index is -0.660. The average molecular weight is 283 g/mol. The molecule has 0 aliphatic heterocycles. The third-order valence-electron chi connectivity index (χ3n) is 4.34. The normalized spacial score (nSPS) is 18.9. The van der Waals surface area contributed by atoms with E-state index in [0.717, 1.165) is 31.7 Å². The van der Waals surface area contributed by atoms with Crippen LogP contribution in [0.4, 0.5) is 20.4 Å². The third kappa shape index (κ3) is 3.02. The second-order valence-corrected chi connectivity index (χ2v) is 6.38. The monoisotopic (exact) mass is 283 g/mol. The third-order valence-corrected chi connectivity index (χ3v) is 4.34. The lowest BCUT2D eigenvalue weighted by Crippen LogP contribution is -2.38. The van der Waals surface area contributed by atoms with Crippen molar-refractivity contribution < 1.29 is 8.78 Å². The van der Waals surface area contributed by atoms with Crippen LogP contribution in [0.25, 0.3) is 0 Å². The highest BCUT2D eigenvalue weighted by Gasteiger charge is 2.30. The Bertz CT molecular complexity index is 478. The number of aromatic nitrogens is 1. The molecule has 0 radical (unpaired) electrons. The molecule has 3 nitrogen and oxygen atoms in total. The Balaban J connectivity index is 2.19. The number of pyridine rings is 1. The van der Waals surface area contributed by atoms with Crippen molar-refractivity contribution in [2.45, 2.75) is 45.6 Å². The van der Waals surface area contributed by atoms with Crippen LogP contribution in [0, 0.1) is 17.0 Å². The van der Waals surface area contributed by atoms with Gasteiger partial charge in [-0.05, 0) is 31.1 Å². The van der Waals surface area contributed by atoms with E-state index in [2.05, 4.69) is 24.1 Å². The number of halogens is 2. The van der Waals surface area contributed by atoms with Crippen LogP contribution in [0.2, 0.25) is 0 Å². The summed E-state index contributed by atoms with van der Waals surface area (Å²) >= 11 is 0. The number of nitrogens with one attached hydrogen (secondary N) is 1. The molecule has 1 aromatic heterocycles. The van der Waals surface area contributed by atoms with Crippen LogP contribution in [0.15, 0.2) is 6.07 Å². The van der Waals surface area contributed by atoms with Crippen LogP contribution >= 0.6 is 0 Å². The topological polar surface area (TPSA) is 28.2 Å². The molecular formula is C15H23F2N3. The molecule has 1 heterocycles. The van der Waals surface area contributed by atoms with E-state index in [1.807, 2.05) is 11.9 Å². The fraction of sp³-hybridized carbons (Fsp3) is 0.667. The van der Waals surface area contributed by atoms with Gasteiger partial charge in [0, 0.05) is 26.2 Å². The summed E-state index contributed by atoms with van der Waals surface area (Å²) in [5, 5.41) is 2.65. The highest BCUT2D eigenvalue weighted by molar-refractivity contribution is 5.49. The van der Waals surface area contributed by atoms with Crippen LogP contribution in [-0.2, 0) is 0 Å². The molecule has 1 saturated carbocycles. The van der Waals surface area contributed by atoms with Gasteiger partial charge in [0.15, 0.2) is 23.3 Å². The van der Waals surface area contributed by atoms with Gasteiger partial charge in [-0.1, -0.05) is 13.8 Å². The van der Waals surface area contributed by atoms with E-state index in [0.29, 0.717) is 5.41 Å². The molecule has 0 bridgehead atoms. The predicted octanol–water partition coefficient (Wildman–Crippen LogP) is 3.81. The summed E-state index contributed by atoms with van der Waals surface area (Å²) in [5.41, 5.74) is 0.363. The standard InChI is InChI=1S/C15H23F2N3/c1-15(2)7-5-10(6-8-15)20(4)14-12(17)9-11(16)13(18-3)19-14/h9-10H,5-8H2,1-4H3,(H,18,19). The quantitative estimate of drug-likeness (QED) is 0.914. The lowest BCUT2D eigenvalue weighted by Gasteiger charge is -2.39. The Morgan fingerprint density at radius 2 is 1.85 bits per heavy atom. The van der Waals surface area contributed by atoms with E-state index in [9.17, 15) is 8.78 Å². The predicted molar refractivity (Wildman–Crippen MR) is 78.1 cm³/mol. The van der Waals surface area contributed by atoms with Gasteiger partial charge in [0.05, 0.1) is 0 Å². The Labute approximate surface area is 119 Å². The van der Waals surface area contributed by atoms with E-state index in [1.54, 1.807) is 7.05 Å². The molecule has 1 aromatic rings. The maximum atomic E-state index is 14.0. The van der Waals surface area contributed by atoms with Gasteiger partial charge in [-0.25, -0.2) is 13.8 Å². The van der Waals surface area contributed by atoms with Crippen LogP contribution < -0.4 is 10.2 Å². The van der Waals surface area contributed by atoms with Crippen LogP contribution in [-0.4, -0.2) is 25.1 Å². The summed E-state index contributed by atoms with van der Waals surface area (Å²) in [4.78, 5) is 5.92. The van der Waals surface area contributed by atoms with E-state index >= 15 is 0 Å². The van der Waals surface area contributed by atoms with E-state index in [1.165, 1.54) is 0 Å². The second-order valence-electron chi connectivity index (χ2n) is 6.38.